The van der Waals surface area contributed by atoms with Crippen molar-refractivity contribution in [1.82, 2.24) is 10.6 Å². The van der Waals surface area contributed by atoms with E-state index in [0.29, 0.717) is 18.7 Å². The lowest BCUT2D eigenvalue weighted by Crippen LogP contribution is -2.44. The van der Waals surface area contributed by atoms with Gasteiger partial charge in [-0.2, -0.15) is 0 Å². The maximum atomic E-state index is 11.6. The van der Waals surface area contributed by atoms with Gasteiger partial charge in [0.1, 0.15) is 6.04 Å². The van der Waals surface area contributed by atoms with Crippen LogP contribution in [0.5, 0.6) is 0 Å². The molecule has 7 heteroatoms. The molecule has 0 radical (unpaired) electrons. The van der Waals surface area contributed by atoms with Crippen molar-refractivity contribution in [3.8, 4) is 0 Å². The summed E-state index contributed by atoms with van der Waals surface area (Å²) in [6.45, 7) is 2.80. The molecule has 0 aromatic rings. The molecule has 1 atom stereocenters. The molecule has 1 heterocycles. The smallest absolute Gasteiger partial charge is 0.326 e. The molecule has 17 heavy (non-hydrogen) atoms. The van der Waals surface area contributed by atoms with E-state index in [4.69, 9.17) is 10.2 Å². The lowest BCUT2D eigenvalue weighted by molar-refractivity contribution is -0.146. The Labute approximate surface area is 97.5 Å². The normalized spacial score (nSPS) is 15.7. The molecule has 7 nitrogen and oxygen atoms in total. The van der Waals surface area contributed by atoms with Crippen LogP contribution in [0.2, 0.25) is 0 Å². The second kappa shape index (κ2) is 5.44. The molecule has 0 aromatic heterocycles. The van der Waals surface area contributed by atoms with E-state index in [1.165, 1.54) is 0 Å². The van der Waals surface area contributed by atoms with E-state index in [2.05, 4.69) is 10.6 Å². The van der Waals surface area contributed by atoms with Crippen LogP contribution in [-0.4, -0.2) is 47.2 Å². The van der Waals surface area contributed by atoms with Gasteiger partial charge in [-0.15, -0.1) is 0 Å². The summed E-state index contributed by atoms with van der Waals surface area (Å²) in [6, 6.07) is -1.40. The first-order valence-electron chi connectivity index (χ1n) is 5.06. The average molecular weight is 242 g/mol. The Hall–Kier alpha value is -1.89. The first-order chi connectivity index (χ1) is 7.91. The van der Waals surface area contributed by atoms with Crippen molar-refractivity contribution >= 4 is 17.8 Å². The van der Waals surface area contributed by atoms with Gasteiger partial charge in [-0.1, -0.05) is 0 Å². The zero-order valence-corrected chi connectivity index (χ0v) is 9.32. The summed E-state index contributed by atoms with van der Waals surface area (Å²) in [4.78, 5) is 32.8. The van der Waals surface area contributed by atoms with Gasteiger partial charge in [-0.25, -0.2) is 4.79 Å². The third-order valence-corrected chi connectivity index (χ3v) is 2.53. The van der Waals surface area contributed by atoms with Gasteiger partial charge in [0.25, 0.3) is 0 Å². The van der Waals surface area contributed by atoms with Gasteiger partial charge in [-0.3, -0.25) is 9.59 Å². The number of rotatable bonds is 5. The highest BCUT2D eigenvalue weighted by molar-refractivity contribution is 5.97. The van der Waals surface area contributed by atoms with E-state index >= 15 is 0 Å². The first-order valence-corrected chi connectivity index (χ1v) is 5.06. The summed E-state index contributed by atoms with van der Waals surface area (Å²) in [6.07, 6.45) is -0.637. The minimum atomic E-state index is -1.40. The van der Waals surface area contributed by atoms with E-state index in [9.17, 15) is 14.4 Å². The summed E-state index contributed by atoms with van der Waals surface area (Å²) in [5.41, 5.74) is 1.35. The summed E-state index contributed by atoms with van der Waals surface area (Å²) in [5.74, 6) is -3.16. The number of hydrogen-bond donors (Lipinski definition) is 4. The maximum absolute atomic E-state index is 11.6. The monoisotopic (exact) mass is 242 g/mol. The lowest BCUT2D eigenvalue weighted by Gasteiger charge is -2.22. The van der Waals surface area contributed by atoms with E-state index in [-0.39, 0.29) is 0 Å². The zero-order valence-electron chi connectivity index (χ0n) is 9.32. The zero-order chi connectivity index (χ0) is 13.0. The maximum Gasteiger partial charge on any atom is 0.326 e. The Bertz CT molecular complexity index is 382. The van der Waals surface area contributed by atoms with Crippen molar-refractivity contribution < 1.29 is 24.6 Å². The number of carbonyl (C=O) groups excluding carboxylic acids is 1. The van der Waals surface area contributed by atoms with Gasteiger partial charge in [0.2, 0.25) is 5.91 Å². The van der Waals surface area contributed by atoms with Crippen molar-refractivity contribution in [3.05, 3.63) is 11.1 Å². The highest BCUT2D eigenvalue weighted by Gasteiger charge is 2.25. The minimum absolute atomic E-state index is 0.445. The Morgan fingerprint density at radius 2 is 1.94 bits per heavy atom. The molecule has 94 valence electrons. The van der Waals surface area contributed by atoms with Crippen LogP contribution in [0.4, 0.5) is 0 Å². The van der Waals surface area contributed by atoms with Crippen molar-refractivity contribution in [2.75, 3.05) is 13.1 Å². The highest BCUT2D eigenvalue weighted by atomic mass is 16.4. The Balaban J connectivity index is 2.64. The summed E-state index contributed by atoms with van der Waals surface area (Å²) < 4.78 is 0. The summed E-state index contributed by atoms with van der Waals surface area (Å²) in [5, 5.41) is 22.4. The Morgan fingerprint density at radius 3 is 2.29 bits per heavy atom. The lowest BCUT2D eigenvalue weighted by atomic mass is 10.0. The molecule has 1 rings (SSSR count). The first kappa shape index (κ1) is 13.2. The molecule has 0 aliphatic carbocycles. The average Bonchev–Trinajstić information content (AvgIpc) is 2.12. The Morgan fingerprint density at radius 1 is 1.35 bits per heavy atom. The highest BCUT2D eigenvalue weighted by Crippen LogP contribution is 2.09. The molecule has 0 saturated carbocycles. The van der Waals surface area contributed by atoms with Crippen LogP contribution in [0.25, 0.3) is 0 Å². The van der Waals surface area contributed by atoms with Crippen molar-refractivity contribution in [3.63, 3.8) is 0 Å². The van der Waals surface area contributed by atoms with Crippen LogP contribution < -0.4 is 10.6 Å². The van der Waals surface area contributed by atoms with Crippen LogP contribution in [-0.2, 0) is 14.4 Å². The third kappa shape index (κ3) is 3.56. The van der Waals surface area contributed by atoms with Gasteiger partial charge in [0, 0.05) is 18.7 Å². The molecule has 1 unspecified atom stereocenters. The van der Waals surface area contributed by atoms with Crippen molar-refractivity contribution in [2.45, 2.75) is 19.4 Å². The predicted molar refractivity (Wildman–Crippen MR) is 57.4 cm³/mol. The van der Waals surface area contributed by atoms with Crippen LogP contribution in [0.15, 0.2) is 11.1 Å². The van der Waals surface area contributed by atoms with Gasteiger partial charge < -0.3 is 20.8 Å². The molecule has 4 N–H and O–H groups in total. The minimum Gasteiger partial charge on any atom is -0.481 e. The van der Waals surface area contributed by atoms with Crippen molar-refractivity contribution in [2.24, 2.45) is 0 Å². The van der Waals surface area contributed by atoms with Gasteiger partial charge in [0.15, 0.2) is 0 Å². The molecular formula is C10H14N2O5. The number of amides is 1. The molecule has 1 amide bonds. The number of aliphatic carboxylic acids is 2. The summed E-state index contributed by atoms with van der Waals surface area (Å²) >= 11 is 0. The molecule has 0 bridgehead atoms. The van der Waals surface area contributed by atoms with Crippen LogP contribution in [0, 0.1) is 0 Å². The second-order valence-corrected chi connectivity index (χ2v) is 3.79. The third-order valence-electron chi connectivity index (χ3n) is 2.53. The van der Waals surface area contributed by atoms with Crippen LogP contribution >= 0.6 is 0 Å². The molecule has 1 saturated heterocycles. The number of nitrogens with one attached hydrogen (secondary N) is 2. The van der Waals surface area contributed by atoms with E-state index in [1.807, 2.05) is 0 Å². The predicted octanol–water partition coefficient (Wildman–Crippen LogP) is -1.05. The number of carboxylic acid groups (broad SMARTS) is 2. The van der Waals surface area contributed by atoms with E-state index < -0.39 is 30.3 Å². The van der Waals surface area contributed by atoms with Gasteiger partial charge in [-0.05, 0) is 12.5 Å². The van der Waals surface area contributed by atoms with E-state index in [1.54, 1.807) is 6.92 Å². The van der Waals surface area contributed by atoms with Crippen molar-refractivity contribution in [1.29, 1.82) is 0 Å². The molecule has 0 spiro atoms. The van der Waals surface area contributed by atoms with E-state index in [0.717, 1.165) is 5.57 Å². The summed E-state index contributed by atoms with van der Waals surface area (Å²) in [7, 11) is 0. The quantitative estimate of drug-likeness (QED) is 0.457. The fraction of sp³-hybridized carbons (Fsp3) is 0.500. The number of hydrogen-bond acceptors (Lipinski definition) is 4. The fourth-order valence-electron chi connectivity index (χ4n) is 1.32. The molecule has 1 aliphatic heterocycles. The van der Waals surface area contributed by atoms with Crippen LogP contribution in [0.1, 0.15) is 13.3 Å². The Kier molecular flexibility index (Phi) is 4.22. The number of carbonyl (C=O) groups is 3. The number of carboxylic acids is 2. The SMILES string of the molecule is CC(C(=O)NC(CC(=O)O)C(=O)O)=C1CNC1. The molecule has 1 fully saturated rings. The van der Waals surface area contributed by atoms with Gasteiger partial charge in [0.05, 0.1) is 6.42 Å². The molecule has 0 aromatic carbocycles. The fourth-order valence-corrected chi connectivity index (χ4v) is 1.32. The second-order valence-electron chi connectivity index (χ2n) is 3.79. The molecule has 1 aliphatic rings. The topological polar surface area (TPSA) is 116 Å². The standard InChI is InChI=1S/C10H14N2O5/c1-5(6-3-11-4-6)9(15)12-7(10(16)17)2-8(13)14/h7,11H,2-4H2,1H3,(H,12,15)(H,13,14)(H,16,17). The largest absolute Gasteiger partial charge is 0.481 e. The van der Waals surface area contributed by atoms with Gasteiger partial charge >= 0.3 is 11.9 Å². The van der Waals surface area contributed by atoms with Crippen LogP contribution in [0.3, 0.4) is 0 Å². The molecular weight excluding hydrogens is 228 g/mol.